The van der Waals surface area contributed by atoms with Gasteiger partial charge in [-0.05, 0) is 38.2 Å². The number of fused-ring (bicyclic) bond motifs is 1. The Hall–Kier alpha value is -2.08. The third-order valence-electron chi connectivity index (χ3n) is 4.48. The zero-order valence-corrected chi connectivity index (χ0v) is 15.7. The fourth-order valence-electron chi connectivity index (χ4n) is 3.16. The number of benzene rings is 1. The van der Waals surface area contributed by atoms with Crippen LogP contribution in [0.3, 0.4) is 0 Å². The van der Waals surface area contributed by atoms with Crippen molar-refractivity contribution in [1.29, 1.82) is 0 Å². The third kappa shape index (κ3) is 4.12. The standard InChI is InChI=1S/C19H23N3O2S/c1-12-14(13(2)21-19(20-12)25-3)8-9-18(23)22-16-10-11-24-17-7-5-4-6-15(16)17/h4-7,16H,8-11H2,1-3H3,(H,22,23)/t16-/m0/s1. The molecule has 0 saturated carbocycles. The summed E-state index contributed by atoms with van der Waals surface area (Å²) in [6, 6.07) is 7.92. The average molecular weight is 357 g/mol. The van der Waals surface area contributed by atoms with Crippen molar-refractivity contribution in [2.75, 3.05) is 12.9 Å². The normalized spacial score (nSPS) is 16.0. The molecule has 0 radical (unpaired) electrons. The van der Waals surface area contributed by atoms with Gasteiger partial charge in [0.15, 0.2) is 5.16 Å². The zero-order chi connectivity index (χ0) is 17.8. The lowest BCUT2D eigenvalue weighted by Gasteiger charge is -2.26. The molecule has 2 heterocycles. The van der Waals surface area contributed by atoms with Gasteiger partial charge >= 0.3 is 0 Å². The first-order valence-electron chi connectivity index (χ1n) is 8.47. The summed E-state index contributed by atoms with van der Waals surface area (Å²) < 4.78 is 5.65. The molecular formula is C19H23N3O2S. The van der Waals surface area contributed by atoms with Gasteiger partial charge in [0.05, 0.1) is 12.6 Å². The van der Waals surface area contributed by atoms with Crippen LogP contribution in [0.25, 0.3) is 0 Å². The number of hydrogen-bond acceptors (Lipinski definition) is 5. The van der Waals surface area contributed by atoms with Gasteiger partial charge in [0, 0.05) is 29.8 Å². The summed E-state index contributed by atoms with van der Waals surface area (Å²) in [5, 5.41) is 3.92. The maximum absolute atomic E-state index is 12.4. The number of aryl methyl sites for hydroxylation is 2. The molecule has 5 nitrogen and oxygen atoms in total. The van der Waals surface area contributed by atoms with E-state index in [-0.39, 0.29) is 11.9 Å². The van der Waals surface area contributed by atoms with Crippen LogP contribution >= 0.6 is 11.8 Å². The first kappa shape index (κ1) is 17.7. The molecule has 132 valence electrons. The third-order valence-corrected chi connectivity index (χ3v) is 5.03. The number of aromatic nitrogens is 2. The molecule has 3 rings (SSSR count). The van der Waals surface area contributed by atoms with Crippen LogP contribution in [0.5, 0.6) is 5.75 Å². The van der Waals surface area contributed by atoms with Gasteiger partial charge in [0.2, 0.25) is 5.91 Å². The van der Waals surface area contributed by atoms with Gasteiger partial charge in [0.1, 0.15) is 5.75 Å². The van der Waals surface area contributed by atoms with Crippen LogP contribution in [-0.2, 0) is 11.2 Å². The lowest BCUT2D eigenvalue weighted by Crippen LogP contribution is -2.32. The molecule has 0 saturated heterocycles. The molecule has 1 aliphatic rings. The Morgan fingerprint density at radius 2 is 2.00 bits per heavy atom. The summed E-state index contributed by atoms with van der Waals surface area (Å²) in [7, 11) is 0. The molecule has 1 aromatic carbocycles. The summed E-state index contributed by atoms with van der Waals surface area (Å²) in [5.74, 6) is 0.918. The lowest BCUT2D eigenvalue weighted by atomic mass is 10.00. The number of carbonyl (C=O) groups excluding carboxylic acids is 1. The van der Waals surface area contributed by atoms with Crippen LogP contribution < -0.4 is 10.1 Å². The SMILES string of the molecule is CSc1nc(C)c(CCC(=O)N[C@H]2CCOc3ccccc32)c(C)n1. The van der Waals surface area contributed by atoms with E-state index in [1.54, 1.807) is 0 Å². The average Bonchev–Trinajstić information content (AvgIpc) is 2.61. The molecular weight excluding hydrogens is 334 g/mol. The Kier molecular flexibility index (Phi) is 5.58. The molecule has 1 atom stereocenters. The van der Waals surface area contributed by atoms with Crippen molar-refractivity contribution >= 4 is 17.7 Å². The van der Waals surface area contributed by atoms with E-state index in [1.165, 1.54) is 11.8 Å². The Bertz CT molecular complexity index is 756. The van der Waals surface area contributed by atoms with Gasteiger partial charge in [-0.25, -0.2) is 9.97 Å². The summed E-state index contributed by atoms with van der Waals surface area (Å²) in [6.07, 6.45) is 3.85. The maximum Gasteiger partial charge on any atom is 0.220 e. The molecule has 0 fully saturated rings. The van der Waals surface area contributed by atoms with Gasteiger partial charge in [-0.3, -0.25) is 4.79 Å². The minimum absolute atomic E-state index is 0.0229. The van der Waals surface area contributed by atoms with E-state index in [4.69, 9.17) is 4.74 Å². The van der Waals surface area contributed by atoms with Gasteiger partial charge in [-0.1, -0.05) is 30.0 Å². The zero-order valence-electron chi connectivity index (χ0n) is 14.8. The molecule has 0 aliphatic carbocycles. The minimum Gasteiger partial charge on any atom is -0.493 e. The fourth-order valence-corrected chi connectivity index (χ4v) is 3.62. The molecule has 0 bridgehead atoms. The van der Waals surface area contributed by atoms with Crippen molar-refractivity contribution in [2.45, 2.75) is 44.3 Å². The Morgan fingerprint density at radius 1 is 1.28 bits per heavy atom. The highest BCUT2D eigenvalue weighted by Crippen LogP contribution is 2.31. The lowest BCUT2D eigenvalue weighted by molar-refractivity contribution is -0.122. The molecule has 1 N–H and O–H groups in total. The molecule has 1 aliphatic heterocycles. The van der Waals surface area contributed by atoms with Crippen molar-refractivity contribution < 1.29 is 9.53 Å². The van der Waals surface area contributed by atoms with Crippen LogP contribution in [0.4, 0.5) is 0 Å². The van der Waals surface area contributed by atoms with E-state index >= 15 is 0 Å². The van der Waals surface area contributed by atoms with Gasteiger partial charge in [-0.2, -0.15) is 0 Å². The van der Waals surface area contributed by atoms with Crippen LogP contribution in [0.15, 0.2) is 29.4 Å². The van der Waals surface area contributed by atoms with E-state index in [1.807, 2.05) is 44.4 Å². The molecule has 0 unspecified atom stereocenters. The van der Waals surface area contributed by atoms with Gasteiger partial charge in [0.25, 0.3) is 0 Å². The number of amides is 1. The van der Waals surface area contributed by atoms with Crippen molar-refractivity contribution in [3.05, 3.63) is 46.8 Å². The van der Waals surface area contributed by atoms with Crippen LogP contribution in [0.2, 0.25) is 0 Å². The highest BCUT2D eigenvalue weighted by Gasteiger charge is 2.22. The second-order valence-corrected chi connectivity index (χ2v) is 6.93. The Labute approximate surface area is 152 Å². The highest BCUT2D eigenvalue weighted by atomic mass is 32.2. The van der Waals surface area contributed by atoms with Crippen molar-refractivity contribution in [1.82, 2.24) is 15.3 Å². The van der Waals surface area contributed by atoms with Gasteiger partial charge < -0.3 is 10.1 Å². The first-order chi connectivity index (χ1) is 12.1. The fraction of sp³-hybridized carbons (Fsp3) is 0.421. The molecule has 25 heavy (non-hydrogen) atoms. The number of rotatable bonds is 5. The maximum atomic E-state index is 12.4. The monoisotopic (exact) mass is 357 g/mol. The predicted molar refractivity (Wildman–Crippen MR) is 99.0 cm³/mol. The summed E-state index contributed by atoms with van der Waals surface area (Å²) in [5.41, 5.74) is 4.05. The summed E-state index contributed by atoms with van der Waals surface area (Å²) >= 11 is 1.53. The van der Waals surface area contributed by atoms with Crippen LogP contribution in [-0.4, -0.2) is 28.7 Å². The number of nitrogens with one attached hydrogen (secondary N) is 1. The second-order valence-electron chi connectivity index (χ2n) is 6.15. The number of nitrogens with zero attached hydrogens (tertiary/aromatic N) is 2. The number of thioether (sulfide) groups is 1. The predicted octanol–water partition coefficient (Wildman–Crippen LogP) is 3.39. The Morgan fingerprint density at radius 3 is 2.72 bits per heavy atom. The second kappa shape index (κ2) is 7.87. The van der Waals surface area contributed by atoms with Crippen molar-refractivity contribution in [3.63, 3.8) is 0 Å². The minimum atomic E-state index is 0.0229. The largest absolute Gasteiger partial charge is 0.493 e. The van der Waals surface area contributed by atoms with E-state index < -0.39 is 0 Å². The first-order valence-corrected chi connectivity index (χ1v) is 9.70. The Balaban J connectivity index is 1.63. The molecule has 1 amide bonds. The van der Waals surface area contributed by atoms with Crippen molar-refractivity contribution in [2.24, 2.45) is 0 Å². The van der Waals surface area contributed by atoms with Crippen LogP contribution in [0.1, 0.15) is 41.4 Å². The van der Waals surface area contributed by atoms with E-state index in [0.717, 1.165) is 39.8 Å². The summed E-state index contributed by atoms with van der Waals surface area (Å²) in [4.78, 5) is 21.4. The number of ether oxygens (including phenoxy) is 1. The molecule has 6 heteroatoms. The number of hydrogen-bond donors (Lipinski definition) is 1. The van der Waals surface area contributed by atoms with E-state index in [2.05, 4.69) is 15.3 Å². The quantitative estimate of drug-likeness (QED) is 0.656. The van der Waals surface area contributed by atoms with Crippen LogP contribution in [0, 0.1) is 13.8 Å². The van der Waals surface area contributed by atoms with Crippen molar-refractivity contribution in [3.8, 4) is 5.75 Å². The van der Waals surface area contributed by atoms with Gasteiger partial charge in [-0.15, -0.1) is 0 Å². The number of para-hydroxylation sites is 1. The molecule has 0 spiro atoms. The smallest absolute Gasteiger partial charge is 0.220 e. The molecule has 2 aromatic rings. The van der Waals surface area contributed by atoms with E-state index in [0.29, 0.717) is 19.4 Å². The summed E-state index contributed by atoms with van der Waals surface area (Å²) in [6.45, 7) is 4.59. The molecule has 1 aromatic heterocycles. The topological polar surface area (TPSA) is 64.1 Å². The number of carbonyl (C=O) groups is 1. The highest BCUT2D eigenvalue weighted by molar-refractivity contribution is 7.98. The van der Waals surface area contributed by atoms with E-state index in [9.17, 15) is 4.79 Å².